The number of nitrogens with zero attached hydrogens (tertiary/aromatic N) is 5. The van der Waals surface area contributed by atoms with Gasteiger partial charge in [-0.25, -0.2) is 23.7 Å². The Bertz CT molecular complexity index is 1150. The third kappa shape index (κ3) is 2.84. The number of halogens is 2. The van der Waals surface area contributed by atoms with E-state index in [4.69, 9.17) is 4.98 Å². The second kappa shape index (κ2) is 6.75. The van der Waals surface area contributed by atoms with Gasteiger partial charge >= 0.3 is 0 Å². The number of aromatic amines is 1. The maximum atomic E-state index is 13.1. The maximum absolute atomic E-state index is 13.1. The summed E-state index contributed by atoms with van der Waals surface area (Å²) in [5, 5.41) is 4.84. The molecule has 4 aromatic heterocycles. The Kier molecular flexibility index (Phi) is 4.09. The van der Waals surface area contributed by atoms with Gasteiger partial charge in [-0.05, 0) is 18.2 Å². The molecule has 28 heavy (non-hydrogen) atoms. The van der Waals surface area contributed by atoms with E-state index < -0.39 is 6.43 Å². The van der Waals surface area contributed by atoms with Crippen molar-refractivity contribution < 1.29 is 8.78 Å². The Morgan fingerprint density at radius 3 is 2.71 bits per heavy atom. The van der Waals surface area contributed by atoms with Gasteiger partial charge in [-0.1, -0.05) is 0 Å². The maximum Gasteiger partial charge on any atom is 0.278 e. The van der Waals surface area contributed by atoms with Gasteiger partial charge in [0.2, 0.25) is 0 Å². The monoisotopic (exact) mass is 381 g/mol. The fourth-order valence-electron chi connectivity index (χ4n) is 3.56. The van der Waals surface area contributed by atoms with Gasteiger partial charge in [0.1, 0.15) is 11.5 Å². The van der Waals surface area contributed by atoms with Crippen LogP contribution in [0.3, 0.4) is 0 Å². The standard InChI is InChI=1S/C19H17F2N7/c20-16(21)14-9-13-11(2-4-24-17(13)25-14)18-26-15-10-23-3-1-12(15)19(27-18)28-7-5-22-6-8-28/h1-4,9-10,16,22H,5-8H2,(H,24,25). The number of hydrogen-bond donors (Lipinski definition) is 2. The predicted octanol–water partition coefficient (Wildman–Crippen LogP) is 2.92. The molecule has 1 saturated heterocycles. The highest BCUT2D eigenvalue weighted by Gasteiger charge is 2.20. The predicted molar refractivity (Wildman–Crippen MR) is 102 cm³/mol. The van der Waals surface area contributed by atoms with Crippen molar-refractivity contribution in [1.82, 2.24) is 30.2 Å². The molecule has 1 fully saturated rings. The minimum absolute atomic E-state index is 0.167. The van der Waals surface area contributed by atoms with Gasteiger partial charge in [0.15, 0.2) is 5.82 Å². The molecule has 0 spiro atoms. The molecule has 0 aliphatic carbocycles. The molecule has 0 saturated carbocycles. The number of piperazine rings is 1. The molecule has 7 nitrogen and oxygen atoms in total. The average molecular weight is 381 g/mol. The summed E-state index contributed by atoms with van der Waals surface area (Å²) >= 11 is 0. The molecular weight excluding hydrogens is 364 g/mol. The largest absolute Gasteiger partial charge is 0.353 e. The second-order valence-corrected chi connectivity index (χ2v) is 6.65. The zero-order valence-electron chi connectivity index (χ0n) is 14.9. The molecule has 142 valence electrons. The van der Waals surface area contributed by atoms with Crippen molar-refractivity contribution >= 4 is 27.8 Å². The van der Waals surface area contributed by atoms with E-state index in [0.29, 0.717) is 22.4 Å². The van der Waals surface area contributed by atoms with E-state index in [1.54, 1.807) is 24.7 Å². The van der Waals surface area contributed by atoms with E-state index >= 15 is 0 Å². The fraction of sp³-hybridized carbons (Fsp3) is 0.263. The van der Waals surface area contributed by atoms with Crippen molar-refractivity contribution in [2.24, 2.45) is 0 Å². The molecular formula is C19H17F2N7. The number of fused-ring (bicyclic) bond motifs is 2. The Balaban J connectivity index is 1.72. The lowest BCUT2D eigenvalue weighted by Crippen LogP contribution is -2.44. The first-order valence-electron chi connectivity index (χ1n) is 9.04. The first kappa shape index (κ1) is 16.9. The van der Waals surface area contributed by atoms with Crippen molar-refractivity contribution in [3.05, 3.63) is 42.5 Å². The number of rotatable bonds is 3. The topological polar surface area (TPSA) is 82.6 Å². The normalized spacial score (nSPS) is 15.0. The van der Waals surface area contributed by atoms with Crippen molar-refractivity contribution in [1.29, 1.82) is 0 Å². The lowest BCUT2D eigenvalue weighted by atomic mass is 10.1. The quantitative estimate of drug-likeness (QED) is 0.568. The number of nitrogens with one attached hydrogen (secondary N) is 2. The third-order valence-electron chi connectivity index (χ3n) is 4.92. The van der Waals surface area contributed by atoms with Gasteiger partial charge in [0.05, 0.1) is 17.4 Å². The minimum atomic E-state index is -2.60. The minimum Gasteiger partial charge on any atom is -0.353 e. The van der Waals surface area contributed by atoms with E-state index in [0.717, 1.165) is 42.9 Å². The van der Waals surface area contributed by atoms with Crippen LogP contribution in [0.5, 0.6) is 0 Å². The van der Waals surface area contributed by atoms with E-state index in [1.165, 1.54) is 6.07 Å². The summed E-state index contributed by atoms with van der Waals surface area (Å²) in [6, 6.07) is 5.08. The van der Waals surface area contributed by atoms with Crippen molar-refractivity contribution in [2.45, 2.75) is 6.43 Å². The Hall–Kier alpha value is -3.20. The van der Waals surface area contributed by atoms with Gasteiger partial charge in [-0.3, -0.25) is 4.98 Å². The molecule has 4 aromatic rings. The average Bonchev–Trinajstić information content (AvgIpc) is 3.18. The molecule has 1 aliphatic rings. The summed E-state index contributed by atoms with van der Waals surface area (Å²) < 4.78 is 26.3. The Morgan fingerprint density at radius 2 is 1.89 bits per heavy atom. The van der Waals surface area contributed by atoms with E-state index in [2.05, 4.69) is 30.2 Å². The highest BCUT2D eigenvalue weighted by molar-refractivity contribution is 5.95. The molecule has 9 heteroatoms. The molecule has 0 unspecified atom stereocenters. The van der Waals surface area contributed by atoms with E-state index in [-0.39, 0.29) is 5.69 Å². The molecule has 0 radical (unpaired) electrons. The molecule has 1 aliphatic heterocycles. The number of H-pyrrole nitrogens is 1. The van der Waals surface area contributed by atoms with Crippen LogP contribution in [0.25, 0.3) is 33.3 Å². The number of anilines is 1. The zero-order valence-corrected chi connectivity index (χ0v) is 14.9. The van der Waals surface area contributed by atoms with Gasteiger partial charge in [0.25, 0.3) is 6.43 Å². The van der Waals surface area contributed by atoms with Gasteiger partial charge in [-0.2, -0.15) is 0 Å². The first-order valence-corrected chi connectivity index (χ1v) is 9.04. The van der Waals surface area contributed by atoms with Crippen LogP contribution in [0.15, 0.2) is 36.8 Å². The Morgan fingerprint density at radius 1 is 1.04 bits per heavy atom. The summed E-state index contributed by atoms with van der Waals surface area (Å²) in [5.74, 6) is 1.31. The van der Waals surface area contributed by atoms with E-state index in [9.17, 15) is 8.78 Å². The third-order valence-corrected chi connectivity index (χ3v) is 4.92. The fourth-order valence-corrected chi connectivity index (χ4v) is 3.56. The highest BCUT2D eigenvalue weighted by Crippen LogP contribution is 2.32. The number of aromatic nitrogens is 5. The summed E-state index contributed by atoms with van der Waals surface area (Å²) in [4.78, 5) is 22.7. The lowest BCUT2D eigenvalue weighted by molar-refractivity contribution is 0.147. The van der Waals surface area contributed by atoms with Crippen LogP contribution in [-0.2, 0) is 0 Å². The van der Waals surface area contributed by atoms with Gasteiger partial charge in [-0.15, -0.1) is 0 Å². The summed E-state index contributed by atoms with van der Waals surface area (Å²) in [5.41, 5.74) is 1.61. The van der Waals surface area contributed by atoms with Crippen LogP contribution in [0.2, 0.25) is 0 Å². The number of hydrogen-bond acceptors (Lipinski definition) is 6. The van der Waals surface area contributed by atoms with Gasteiger partial charge in [0, 0.05) is 54.9 Å². The van der Waals surface area contributed by atoms with Crippen LogP contribution in [0.4, 0.5) is 14.6 Å². The molecule has 0 atom stereocenters. The van der Waals surface area contributed by atoms with Crippen LogP contribution >= 0.6 is 0 Å². The van der Waals surface area contributed by atoms with Crippen LogP contribution in [-0.4, -0.2) is 51.1 Å². The lowest BCUT2D eigenvalue weighted by Gasteiger charge is -2.29. The molecule has 2 N–H and O–H groups in total. The molecule has 0 bridgehead atoms. The van der Waals surface area contributed by atoms with Crippen LogP contribution in [0.1, 0.15) is 12.1 Å². The zero-order chi connectivity index (χ0) is 19.1. The highest BCUT2D eigenvalue weighted by atomic mass is 19.3. The summed E-state index contributed by atoms with van der Waals surface area (Å²) in [6.45, 7) is 3.42. The molecule has 5 rings (SSSR count). The van der Waals surface area contributed by atoms with E-state index in [1.807, 2.05) is 6.07 Å². The first-order chi connectivity index (χ1) is 13.7. The van der Waals surface area contributed by atoms with Crippen LogP contribution in [0, 0.1) is 0 Å². The molecule has 5 heterocycles. The number of alkyl halides is 2. The summed E-state index contributed by atoms with van der Waals surface area (Å²) in [6.07, 6.45) is 2.40. The summed E-state index contributed by atoms with van der Waals surface area (Å²) in [7, 11) is 0. The SMILES string of the molecule is FC(F)c1cc2c(-c3nc(N4CCNCC4)c4ccncc4n3)ccnc2[nH]1. The van der Waals surface area contributed by atoms with Crippen molar-refractivity contribution in [2.75, 3.05) is 31.1 Å². The second-order valence-electron chi connectivity index (χ2n) is 6.65. The number of pyridine rings is 2. The Labute approximate surface area is 158 Å². The van der Waals surface area contributed by atoms with Crippen molar-refractivity contribution in [3.63, 3.8) is 0 Å². The van der Waals surface area contributed by atoms with Gasteiger partial charge < -0.3 is 15.2 Å². The molecule has 0 amide bonds. The van der Waals surface area contributed by atoms with Crippen LogP contribution < -0.4 is 10.2 Å². The molecule has 0 aromatic carbocycles. The smallest absolute Gasteiger partial charge is 0.278 e. The van der Waals surface area contributed by atoms with Crippen molar-refractivity contribution in [3.8, 4) is 11.4 Å².